The van der Waals surface area contributed by atoms with Gasteiger partial charge in [-0.3, -0.25) is 18.6 Å². The molecule has 0 amide bonds. The van der Waals surface area contributed by atoms with Gasteiger partial charge in [0.2, 0.25) is 0 Å². The van der Waals surface area contributed by atoms with Crippen LogP contribution in [-0.2, 0) is 46.4 Å². The molecule has 2 atom stereocenters. The van der Waals surface area contributed by atoms with Crippen LogP contribution in [0, 0.1) is 0 Å². The molecular formula is C32H40NO10P. The van der Waals surface area contributed by atoms with Crippen LogP contribution >= 0.6 is 7.82 Å². The van der Waals surface area contributed by atoms with Crippen molar-refractivity contribution in [1.82, 2.24) is 0 Å². The highest BCUT2D eigenvalue weighted by Gasteiger charge is 2.24. The Morgan fingerprint density at radius 1 is 0.932 bits per heavy atom. The molecule has 3 rings (SSSR count). The first-order chi connectivity index (χ1) is 20.8. The van der Waals surface area contributed by atoms with Crippen LogP contribution in [0.25, 0.3) is 0 Å². The van der Waals surface area contributed by atoms with Crippen LogP contribution in [0.5, 0.6) is 17.2 Å². The third-order valence-electron chi connectivity index (χ3n) is 6.34. The van der Waals surface area contributed by atoms with Gasteiger partial charge in [-0.2, -0.15) is 0 Å². The summed E-state index contributed by atoms with van der Waals surface area (Å²) < 4.78 is 38.4. The van der Waals surface area contributed by atoms with Gasteiger partial charge in [0.15, 0.2) is 0 Å². The van der Waals surface area contributed by atoms with Crippen LogP contribution in [0.4, 0.5) is 0 Å². The molecule has 0 bridgehead atoms. The zero-order valence-electron chi connectivity index (χ0n) is 25.1. The molecule has 0 spiro atoms. The number of aryl methyl sites for hydroxylation is 1. The summed E-state index contributed by atoms with van der Waals surface area (Å²) in [7, 11) is -4.47. The fourth-order valence-corrected chi connectivity index (χ4v) is 4.67. The lowest BCUT2D eigenvalue weighted by atomic mass is 9.87. The Balaban J connectivity index is 1.43. The van der Waals surface area contributed by atoms with Crippen LogP contribution in [0.15, 0.2) is 72.8 Å². The van der Waals surface area contributed by atoms with Crippen LogP contribution in [0.3, 0.4) is 0 Å². The van der Waals surface area contributed by atoms with E-state index in [1.165, 1.54) is 5.56 Å². The van der Waals surface area contributed by atoms with Crippen molar-refractivity contribution in [2.45, 2.75) is 58.1 Å². The molecule has 44 heavy (non-hydrogen) atoms. The monoisotopic (exact) mass is 629 g/mol. The smallest absolute Gasteiger partial charge is 0.472 e. The molecule has 3 aromatic carbocycles. The number of rotatable bonds is 17. The predicted molar refractivity (Wildman–Crippen MR) is 164 cm³/mol. The molecule has 11 nitrogen and oxygen atoms in total. The van der Waals surface area contributed by atoms with Gasteiger partial charge in [0, 0.05) is 12.8 Å². The quantitative estimate of drug-likeness (QED) is 0.0944. The third-order valence-corrected chi connectivity index (χ3v) is 7.32. The van der Waals surface area contributed by atoms with E-state index >= 15 is 0 Å². The number of para-hydroxylation sites is 1. The molecule has 0 aliphatic heterocycles. The van der Waals surface area contributed by atoms with Crippen molar-refractivity contribution in [3.63, 3.8) is 0 Å². The lowest BCUT2D eigenvalue weighted by Gasteiger charge is -2.19. The second-order valence-corrected chi connectivity index (χ2v) is 12.5. The largest absolute Gasteiger partial charge is 0.489 e. The number of nitrogens with two attached hydrogens (primary N) is 1. The molecular weight excluding hydrogens is 589 g/mol. The SMILES string of the molecule is CC(C)(C)c1cccc(Oc2cccc(COc3ccccc3CCC(=O)OCCCOP(=O)(O)OC[C@H](N)C(=O)O)c2)c1. The standard InChI is InChI=1S/C32H40NO10P/c1-32(2,3)25-11-7-13-27(20-25)43-26-12-6-9-23(19-26)21-40-29-14-5-4-10-24(29)15-16-30(34)39-17-8-18-41-44(37,38)42-22-28(33)31(35)36/h4-7,9-14,19-20,28H,8,15-18,21-22,33H2,1-3H3,(H,35,36)(H,37,38)/t28-/m0/s1. The van der Waals surface area contributed by atoms with E-state index in [9.17, 15) is 19.0 Å². The summed E-state index contributed by atoms with van der Waals surface area (Å²) in [6, 6.07) is 21.7. The second-order valence-electron chi connectivity index (χ2n) is 11.0. The van der Waals surface area contributed by atoms with Gasteiger partial charge in [0.05, 0.1) is 19.8 Å². The molecule has 0 aliphatic carbocycles. The minimum atomic E-state index is -4.47. The van der Waals surface area contributed by atoms with Crippen LogP contribution in [0.1, 0.15) is 50.3 Å². The molecule has 0 aliphatic rings. The summed E-state index contributed by atoms with van der Waals surface area (Å²) in [5.41, 5.74) is 8.19. The van der Waals surface area contributed by atoms with E-state index in [-0.39, 0.29) is 31.5 Å². The third kappa shape index (κ3) is 12.1. The van der Waals surface area contributed by atoms with Crippen LogP contribution in [-0.4, -0.2) is 47.8 Å². The normalized spacial score (nSPS) is 13.5. The van der Waals surface area contributed by atoms with Crippen molar-refractivity contribution in [3.05, 3.63) is 89.5 Å². The number of ether oxygens (including phenoxy) is 3. The van der Waals surface area contributed by atoms with E-state index in [0.717, 1.165) is 16.9 Å². The molecule has 0 saturated carbocycles. The molecule has 1 unspecified atom stereocenters. The Kier molecular flexibility index (Phi) is 12.9. The first kappa shape index (κ1) is 34.8. The van der Waals surface area contributed by atoms with E-state index in [2.05, 4.69) is 31.4 Å². The van der Waals surface area contributed by atoms with E-state index < -0.39 is 32.4 Å². The molecule has 0 heterocycles. The lowest BCUT2D eigenvalue weighted by Crippen LogP contribution is -2.34. The van der Waals surface area contributed by atoms with Gasteiger partial charge in [-0.25, -0.2) is 4.57 Å². The molecule has 0 saturated heterocycles. The zero-order chi connectivity index (χ0) is 32.2. The van der Waals surface area contributed by atoms with Crippen molar-refractivity contribution < 1.29 is 47.4 Å². The van der Waals surface area contributed by atoms with Crippen LogP contribution in [0.2, 0.25) is 0 Å². The maximum Gasteiger partial charge on any atom is 0.472 e. The molecule has 4 N–H and O–H groups in total. The number of carboxylic acid groups (broad SMARTS) is 1. The lowest BCUT2D eigenvalue weighted by molar-refractivity contribution is -0.143. The predicted octanol–water partition coefficient (Wildman–Crippen LogP) is 5.77. The molecule has 3 aromatic rings. The van der Waals surface area contributed by atoms with Crippen molar-refractivity contribution in [2.75, 3.05) is 19.8 Å². The number of carbonyl (C=O) groups excluding carboxylic acids is 1. The van der Waals surface area contributed by atoms with Crippen molar-refractivity contribution in [3.8, 4) is 17.2 Å². The summed E-state index contributed by atoms with van der Waals surface area (Å²) >= 11 is 0. The number of hydrogen-bond acceptors (Lipinski definition) is 9. The van der Waals surface area contributed by atoms with Gasteiger partial charge >= 0.3 is 19.8 Å². The highest BCUT2D eigenvalue weighted by atomic mass is 31.2. The van der Waals surface area contributed by atoms with Gasteiger partial charge in [-0.1, -0.05) is 63.2 Å². The van der Waals surface area contributed by atoms with Gasteiger partial charge in [-0.15, -0.1) is 0 Å². The number of phosphoric acid groups is 1. The minimum absolute atomic E-state index is 0.0139. The topological polar surface area (TPSA) is 164 Å². The number of aliphatic carboxylic acids is 1. The number of phosphoric ester groups is 1. The zero-order valence-corrected chi connectivity index (χ0v) is 26.0. The number of carboxylic acids is 1. The fraction of sp³-hybridized carbons (Fsp3) is 0.375. The minimum Gasteiger partial charge on any atom is -0.489 e. The summed E-state index contributed by atoms with van der Waals surface area (Å²) in [4.78, 5) is 32.5. The average Bonchev–Trinajstić information content (AvgIpc) is 2.98. The van der Waals surface area contributed by atoms with Crippen molar-refractivity contribution in [2.24, 2.45) is 5.73 Å². The van der Waals surface area contributed by atoms with E-state index in [4.69, 9.17) is 29.6 Å². The Morgan fingerprint density at radius 3 is 2.36 bits per heavy atom. The number of benzene rings is 3. The van der Waals surface area contributed by atoms with E-state index in [1.807, 2.05) is 66.7 Å². The van der Waals surface area contributed by atoms with Crippen molar-refractivity contribution in [1.29, 1.82) is 0 Å². The molecule has 0 radical (unpaired) electrons. The Labute approximate surface area is 257 Å². The van der Waals surface area contributed by atoms with E-state index in [0.29, 0.717) is 24.5 Å². The highest BCUT2D eigenvalue weighted by molar-refractivity contribution is 7.47. The molecule has 12 heteroatoms. The maximum absolute atomic E-state index is 12.3. The van der Waals surface area contributed by atoms with Gasteiger partial charge in [0.25, 0.3) is 0 Å². The second kappa shape index (κ2) is 16.4. The maximum atomic E-state index is 12.3. The summed E-state index contributed by atoms with van der Waals surface area (Å²) in [5.74, 6) is 0.298. The highest BCUT2D eigenvalue weighted by Crippen LogP contribution is 2.43. The first-order valence-corrected chi connectivity index (χ1v) is 15.7. The number of hydrogen-bond donors (Lipinski definition) is 3. The Bertz CT molecular complexity index is 1440. The molecule has 238 valence electrons. The van der Waals surface area contributed by atoms with Gasteiger partial charge < -0.3 is 29.9 Å². The number of esters is 1. The average molecular weight is 630 g/mol. The summed E-state index contributed by atoms with van der Waals surface area (Å²) in [5, 5.41) is 8.68. The van der Waals surface area contributed by atoms with Gasteiger partial charge in [-0.05, 0) is 58.9 Å². The fourth-order valence-electron chi connectivity index (χ4n) is 3.89. The Hall–Kier alpha value is -3.73. The van der Waals surface area contributed by atoms with Crippen LogP contribution < -0.4 is 15.2 Å². The van der Waals surface area contributed by atoms with E-state index in [1.54, 1.807) is 0 Å². The Morgan fingerprint density at radius 2 is 1.64 bits per heavy atom. The molecule has 0 aromatic heterocycles. The number of carbonyl (C=O) groups is 2. The first-order valence-electron chi connectivity index (χ1n) is 14.2. The summed E-state index contributed by atoms with van der Waals surface area (Å²) in [6.07, 6.45) is 0.629. The molecule has 0 fully saturated rings. The summed E-state index contributed by atoms with van der Waals surface area (Å²) in [6.45, 7) is 5.82. The van der Waals surface area contributed by atoms with Crippen molar-refractivity contribution >= 4 is 19.8 Å². The van der Waals surface area contributed by atoms with Gasteiger partial charge in [0.1, 0.15) is 29.9 Å².